The number of aliphatic carboxylic acids is 1. The highest BCUT2D eigenvalue weighted by Crippen LogP contribution is 2.38. The molecule has 4 N–H and O–H groups in total. The number of carboxylic acids is 1. The molecule has 9 nitrogen and oxygen atoms in total. The van der Waals surface area contributed by atoms with Crippen LogP contribution in [0.1, 0.15) is 30.6 Å². The van der Waals surface area contributed by atoms with Gasteiger partial charge in [0.1, 0.15) is 6.04 Å². The lowest BCUT2D eigenvalue weighted by Crippen LogP contribution is -2.45. The van der Waals surface area contributed by atoms with Crippen LogP contribution in [0.3, 0.4) is 0 Å². The summed E-state index contributed by atoms with van der Waals surface area (Å²) in [4.78, 5) is 34.8. The van der Waals surface area contributed by atoms with Crippen molar-refractivity contribution in [2.75, 3.05) is 20.8 Å². The van der Waals surface area contributed by atoms with Gasteiger partial charge in [0.05, 0.1) is 14.2 Å². The molecule has 1 aromatic carbocycles. The van der Waals surface area contributed by atoms with Gasteiger partial charge in [0.15, 0.2) is 18.1 Å². The molecular formula is C17H24N2O7. The van der Waals surface area contributed by atoms with E-state index in [0.717, 1.165) is 0 Å². The van der Waals surface area contributed by atoms with E-state index in [0.29, 0.717) is 6.42 Å². The SMILES string of the molecule is CCC(C)C(NC(=O)c1cc(OC)c(OCC(N)=O)c(OC)c1)C(=O)O. The number of hydrogen-bond acceptors (Lipinski definition) is 6. The normalized spacial score (nSPS) is 12.6. The number of nitrogens with one attached hydrogen (secondary N) is 1. The molecule has 0 bridgehead atoms. The Bertz CT molecular complexity index is 650. The van der Waals surface area contributed by atoms with Crippen molar-refractivity contribution in [2.45, 2.75) is 26.3 Å². The van der Waals surface area contributed by atoms with Gasteiger partial charge in [-0.1, -0.05) is 20.3 Å². The van der Waals surface area contributed by atoms with Crippen LogP contribution in [0.25, 0.3) is 0 Å². The zero-order valence-corrected chi connectivity index (χ0v) is 15.2. The third-order valence-corrected chi connectivity index (χ3v) is 3.85. The number of primary amides is 1. The second-order valence-electron chi connectivity index (χ2n) is 5.64. The smallest absolute Gasteiger partial charge is 0.326 e. The lowest BCUT2D eigenvalue weighted by Gasteiger charge is -2.21. The Kier molecular flexibility index (Phi) is 7.70. The van der Waals surface area contributed by atoms with Gasteiger partial charge in [0.25, 0.3) is 11.8 Å². The van der Waals surface area contributed by atoms with Crippen molar-refractivity contribution in [3.05, 3.63) is 17.7 Å². The summed E-state index contributed by atoms with van der Waals surface area (Å²) in [5, 5.41) is 11.8. The third-order valence-electron chi connectivity index (χ3n) is 3.85. The fourth-order valence-corrected chi connectivity index (χ4v) is 2.20. The summed E-state index contributed by atoms with van der Waals surface area (Å²) in [6.07, 6.45) is 0.587. The summed E-state index contributed by atoms with van der Waals surface area (Å²) in [6, 6.07) is 1.70. The number of methoxy groups -OCH3 is 2. The molecule has 0 aliphatic heterocycles. The first-order chi connectivity index (χ1) is 12.2. The maximum absolute atomic E-state index is 12.5. The summed E-state index contributed by atoms with van der Waals surface area (Å²) < 4.78 is 15.6. The van der Waals surface area contributed by atoms with Gasteiger partial charge in [-0.3, -0.25) is 9.59 Å². The monoisotopic (exact) mass is 368 g/mol. The standard InChI is InChI=1S/C17H24N2O7/c1-5-9(2)14(17(22)23)19-16(21)10-6-11(24-3)15(12(7-10)25-4)26-8-13(18)20/h6-7,9,14H,5,8H2,1-4H3,(H2,18,20)(H,19,21)(H,22,23). The van der Waals surface area contributed by atoms with Gasteiger partial charge >= 0.3 is 5.97 Å². The van der Waals surface area contributed by atoms with Crippen LogP contribution in [0.15, 0.2) is 12.1 Å². The summed E-state index contributed by atoms with van der Waals surface area (Å²) in [5.41, 5.74) is 5.19. The molecular weight excluding hydrogens is 344 g/mol. The molecule has 26 heavy (non-hydrogen) atoms. The van der Waals surface area contributed by atoms with E-state index in [1.807, 2.05) is 6.92 Å². The molecule has 1 rings (SSSR count). The Balaban J connectivity index is 3.17. The van der Waals surface area contributed by atoms with E-state index >= 15 is 0 Å². The van der Waals surface area contributed by atoms with Gasteiger partial charge in [-0.15, -0.1) is 0 Å². The highest BCUT2D eigenvalue weighted by molar-refractivity contribution is 5.97. The summed E-state index contributed by atoms with van der Waals surface area (Å²) in [6.45, 7) is 3.18. The summed E-state index contributed by atoms with van der Waals surface area (Å²) >= 11 is 0. The lowest BCUT2D eigenvalue weighted by molar-refractivity contribution is -0.140. The molecule has 0 saturated heterocycles. The molecule has 2 atom stereocenters. The van der Waals surface area contributed by atoms with Crippen molar-refractivity contribution in [3.63, 3.8) is 0 Å². The molecule has 0 aliphatic carbocycles. The van der Waals surface area contributed by atoms with E-state index in [1.54, 1.807) is 6.92 Å². The van der Waals surface area contributed by atoms with Crippen LogP contribution >= 0.6 is 0 Å². The molecule has 2 amide bonds. The number of hydrogen-bond donors (Lipinski definition) is 3. The van der Waals surface area contributed by atoms with E-state index < -0.39 is 30.4 Å². The first-order valence-electron chi connectivity index (χ1n) is 7.95. The van der Waals surface area contributed by atoms with Crippen LogP contribution in [0.5, 0.6) is 17.2 Å². The quantitative estimate of drug-likeness (QED) is 0.555. The average molecular weight is 368 g/mol. The summed E-state index contributed by atoms with van der Waals surface area (Å²) in [7, 11) is 2.71. The van der Waals surface area contributed by atoms with Crippen LogP contribution in [-0.2, 0) is 9.59 Å². The Labute approximate surface area is 151 Å². The van der Waals surface area contributed by atoms with E-state index in [9.17, 15) is 19.5 Å². The summed E-state index contributed by atoms with van der Waals surface area (Å²) in [5.74, 6) is -2.25. The van der Waals surface area contributed by atoms with Gasteiger partial charge in [0.2, 0.25) is 5.75 Å². The number of carboxylic acid groups (broad SMARTS) is 1. The maximum atomic E-state index is 12.5. The molecule has 0 fully saturated rings. The number of ether oxygens (including phenoxy) is 3. The fourth-order valence-electron chi connectivity index (χ4n) is 2.20. The third kappa shape index (κ3) is 5.27. The van der Waals surface area contributed by atoms with Crippen molar-refractivity contribution < 1.29 is 33.7 Å². The minimum absolute atomic E-state index is 0.113. The van der Waals surface area contributed by atoms with Gasteiger partial charge in [-0.25, -0.2) is 4.79 Å². The Hall–Kier alpha value is -2.97. The molecule has 0 heterocycles. The van der Waals surface area contributed by atoms with Crippen LogP contribution in [0.4, 0.5) is 0 Å². The lowest BCUT2D eigenvalue weighted by atomic mass is 9.99. The highest BCUT2D eigenvalue weighted by Gasteiger charge is 2.27. The Morgan fingerprint density at radius 2 is 1.73 bits per heavy atom. The van der Waals surface area contributed by atoms with E-state index in [-0.39, 0.29) is 28.7 Å². The molecule has 1 aromatic rings. The van der Waals surface area contributed by atoms with Crippen molar-refractivity contribution in [1.82, 2.24) is 5.32 Å². The van der Waals surface area contributed by atoms with E-state index in [2.05, 4.69) is 5.32 Å². The molecule has 0 radical (unpaired) electrons. The van der Waals surface area contributed by atoms with Crippen molar-refractivity contribution in [1.29, 1.82) is 0 Å². The van der Waals surface area contributed by atoms with Crippen molar-refractivity contribution in [3.8, 4) is 17.2 Å². The molecule has 0 aliphatic rings. The number of benzene rings is 1. The second kappa shape index (κ2) is 9.50. The zero-order chi connectivity index (χ0) is 19.9. The predicted molar refractivity (Wildman–Crippen MR) is 92.6 cm³/mol. The number of nitrogens with two attached hydrogens (primary N) is 1. The van der Waals surface area contributed by atoms with Crippen LogP contribution in [-0.4, -0.2) is 49.8 Å². The van der Waals surface area contributed by atoms with Gasteiger partial charge < -0.3 is 30.4 Å². The van der Waals surface area contributed by atoms with Crippen molar-refractivity contribution >= 4 is 17.8 Å². The Morgan fingerprint density at radius 1 is 1.19 bits per heavy atom. The molecule has 0 spiro atoms. The van der Waals surface area contributed by atoms with Crippen LogP contribution in [0, 0.1) is 5.92 Å². The van der Waals surface area contributed by atoms with Gasteiger partial charge in [0, 0.05) is 5.56 Å². The average Bonchev–Trinajstić information content (AvgIpc) is 2.62. The minimum Gasteiger partial charge on any atom is -0.493 e. The molecule has 9 heteroatoms. The number of carbonyl (C=O) groups excluding carboxylic acids is 2. The zero-order valence-electron chi connectivity index (χ0n) is 15.2. The fraction of sp³-hybridized carbons (Fsp3) is 0.471. The molecule has 144 valence electrons. The van der Waals surface area contributed by atoms with Crippen molar-refractivity contribution in [2.24, 2.45) is 11.7 Å². The number of amides is 2. The van der Waals surface area contributed by atoms with Crippen LogP contribution in [0.2, 0.25) is 0 Å². The number of carbonyl (C=O) groups is 3. The highest BCUT2D eigenvalue weighted by atomic mass is 16.5. The van der Waals surface area contributed by atoms with Gasteiger partial charge in [-0.2, -0.15) is 0 Å². The largest absolute Gasteiger partial charge is 0.493 e. The van der Waals surface area contributed by atoms with Crippen LogP contribution < -0.4 is 25.3 Å². The maximum Gasteiger partial charge on any atom is 0.326 e. The number of rotatable bonds is 10. The predicted octanol–water partition coefficient (Wildman–Crippen LogP) is 0.797. The minimum atomic E-state index is -1.12. The second-order valence-corrected chi connectivity index (χ2v) is 5.64. The first-order valence-corrected chi connectivity index (χ1v) is 7.95. The van der Waals surface area contributed by atoms with E-state index in [1.165, 1.54) is 26.4 Å². The molecule has 2 unspecified atom stereocenters. The molecule has 0 aromatic heterocycles. The van der Waals surface area contributed by atoms with Gasteiger partial charge in [-0.05, 0) is 18.1 Å². The Morgan fingerprint density at radius 3 is 2.12 bits per heavy atom. The molecule has 0 saturated carbocycles. The van der Waals surface area contributed by atoms with E-state index in [4.69, 9.17) is 19.9 Å². The topological polar surface area (TPSA) is 137 Å². The first kappa shape index (κ1) is 21.1.